The number of rotatable bonds is 4. The van der Waals surface area contributed by atoms with Crippen LogP contribution in [0.15, 0.2) is 12.7 Å². The first kappa shape index (κ1) is 10.5. The number of hydrogen-bond donors (Lipinski definition) is 0. The predicted octanol–water partition coefficient (Wildman–Crippen LogP) is 1.86. The molecule has 0 unspecified atom stereocenters. The zero-order valence-electron chi connectivity index (χ0n) is 8.46. The molecule has 0 radical (unpaired) electrons. The van der Waals surface area contributed by atoms with E-state index in [0.717, 1.165) is 13.1 Å². The Bertz CT molecular complexity index is 181. The second kappa shape index (κ2) is 5.18. The molecule has 0 saturated carbocycles. The highest BCUT2D eigenvalue weighted by molar-refractivity contribution is 5.80. The van der Waals surface area contributed by atoms with Crippen molar-refractivity contribution in [3.8, 4) is 0 Å². The fourth-order valence-corrected chi connectivity index (χ4v) is 1.71. The van der Waals surface area contributed by atoms with Gasteiger partial charge in [0.25, 0.3) is 0 Å². The number of likely N-dealkylation sites (tertiary alicyclic amines) is 1. The molecule has 0 atom stereocenters. The number of nitrogens with zero attached hydrogens (tertiary/aromatic N) is 1. The molecule has 0 bridgehead atoms. The van der Waals surface area contributed by atoms with Crippen molar-refractivity contribution in [3.63, 3.8) is 0 Å². The second-order valence-corrected chi connectivity index (χ2v) is 3.74. The smallest absolute Gasteiger partial charge is 0.146 e. The number of ketones is 1. The van der Waals surface area contributed by atoms with Crippen LogP contribution in [0.25, 0.3) is 0 Å². The van der Waals surface area contributed by atoms with Crippen molar-refractivity contribution in [1.29, 1.82) is 0 Å². The minimum Gasteiger partial charge on any atom is -0.298 e. The molecule has 1 heterocycles. The Labute approximate surface area is 80.6 Å². The van der Waals surface area contributed by atoms with Crippen molar-refractivity contribution >= 4 is 5.78 Å². The Balaban J connectivity index is 2.24. The number of carbonyl (C=O) groups is 1. The third kappa shape index (κ3) is 3.31. The standard InChI is InChI=1S/C11H19NO/c1-3-10-5-7-12(8-6-10)9-11(13)4-2/h3,10H,1,4-9H2,2H3. The maximum Gasteiger partial charge on any atom is 0.146 e. The molecule has 1 aliphatic heterocycles. The molecular weight excluding hydrogens is 162 g/mol. The molecule has 0 spiro atoms. The second-order valence-electron chi connectivity index (χ2n) is 3.74. The van der Waals surface area contributed by atoms with Gasteiger partial charge in [-0.3, -0.25) is 9.69 Å². The van der Waals surface area contributed by atoms with Gasteiger partial charge >= 0.3 is 0 Å². The highest BCUT2D eigenvalue weighted by Gasteiger charge is 2.17. The van der Waals surface area contributed by atoms with Crippen LogP contribution in [0.2, 0.25) is 0 Å². The molecule has 1 aliphatic rings. The normalized spacial score (nSPS) is 20.1. The average Bonchev–Trinajstić information content (AvgIpc) is 2.19. The van der Waals surface area contributed by atoms with Crippen LogP contribution in [0, 0.1) is 5.92 Å². The number of carbonyl (C=O) groups excluding carboxylic acids is 1. The Morgan fingerprint density at radius 3 is 2.62 bits per heavy atom. The predicted molar refractivity (Wildman–Crippen MR) is 54.7 cm³/mol. The lowest BCUT2D eigenvalue weighted by Crippen LogP contribution is -2.36. The number of Topliss-reactive ketones (excluding diaryl/α,β-unsaturated/α-hetero) is 1. The van der Waals surface area contributed by atoms with E-state index in [-0.39, 0.29) is 0 Å². The zero-order valence-corrected chi connectivity index (χ0v) is 8.46. The number of piperidine rings is 1. The van der Waals surface area contributed by atoms with E-state index >= 15 is 0 Å². The summed E-state index contributed by atoms with van der Waals surface area (Å²) in [5.74, 6) is 1.03. The Morgan fingerprint density at radius 1 is 1.54 bits per heavy atom. The Hall–Kier alpha value is -0.630. The summed E-state index contributed by atoms with van der Waals surface area (Å²) in [4.78, 5) is 13.4. The molecule has 0 aliphatic carbocycles. The third-order valence-corrected chi connectivity index (χ3v) is 2.76. The van der Waals surface area contributed by atoms with E-state index < -0.39 is 0 Å². The summed E-state index contributed by atoms with van der Waals surface area (Å²) in [6, 6.07) is 0. The monoisotopic (exact) mass is 181 g/mol. The molecular formula is C11H19NO. The minimum atomic E-state index is 0.358. The van der Waals surface area contributed by atoms with Crippen LogP contribution in [0.3, 0.4) is 0 Å². The van der Waals surface area contributed by atoms with E-state index in [0.29, 0.717) is 24.7 Å². The topological polar surface area (TPSA) is 20.3 Å². The van der Waals surface area contributed by atoms with Crippen LogP contribution in [-0.2, 0) is 4.79 Å². The van der Waals surface area contributed by atoms with Gasteiger partial charge in [-0.15, -0.1) is 6.58 Å². The highest BCUT2D eigenvalue weighted by atomic mass is 16.1. The molecule has 0 aromatic heterocycles. The van der Waals surface area contributed by atoms with E-state index in [9.17, 15) is 4.79 Å². The van der Waals surface area contributed by atoms with Crippen LogP contribution in [0.5, 0.6) is 0 Å². The van der Waals surface area contributed by atoms with Crippen molar-refractivity contribution in [2.24, 2.45) is 5.92 Å². The molecule has 13 heavy (non-hydrogen) atoms. The SMILES string of the molecule is C=CC1CCN(CC(=O)CC)CC1. The molecule has 1 saturated heterocycles. The van der Waals surface area contributed by atoms with Crippen LogP contribution >= 0.6 is 0 Å². The zero-order chi connectivity index (χ0) is 9.68. The van der Waals surface area contributed by atoms with Gasteiger partial charge in [-0.25, -0.2) is 0 Å². The third-order valence-electron chi connectivity index (χ3n) is 2.76. The van der Waals surface area contributed by atoms with Gasteiger partial charge in [-0.05, 0) is 31.8 Å². The molecule has 0 N–H and O–H groups in total. The van der Waals surface area contributed by atoms with Crippen molar-refractivity contribution in [2.75, 3.05) is 19.6 Å². The summed E-state index contributed by atoms with van der Waals surface area (Å²) >= 11 is 0. The van der Waals surface area contributed by atoms with Gasteiger partial charge in [0.1, 0.15) is 5.78 Å². The summed E-state index contributed by atoms with van der Waals surface area (Å²) in [6.07, 6.45) is 5.04. The van der Waals surface area contributed by atoms with Crippen LogP contribution in [0.1, 0.15) is 26.2 Å². The quantitative estimate of drug-likeness (QED) is 0.617. The first-order valence-corrected chi connectivity index (χ1v) is 5.13. The van der Waals surface area contributed by atoms with Crippen LogP contribution in [-0.4, -0.2) is 30.3 Å². The molecule has 2 nitrogen and oxygen atoms in total. The van der Waals surface area contributed by atoms with E-state index in [2.05, 4.69) is 11.5 Å². The van der Waals surface area contributed by atoms with E-state index in [1.807, 2.05) is 13.0 Å². The van der Waals surface area contributed by atoms with Crippen molar-refractivity contribution in [3.05, 3.63) is 12.7 Å². The average molecular weight is 181 g/mol. The van der Waals surface area contributed by atoms with Gasteiger partial charge in [-0.2, -0.15) is 0 Å². The Kier molecular flexibility index (Phi) is 4.16. The Morgan fingerprint density at radius 2 is 2.15 bits per heavy atom. The molecule has 1 fully saturated rings. The van der Waals surface area contributed by atoms with E-state index in [1.54, 1.807) is 0 Å². The van der Waals surface area contributed by atoms with Crippen LogP contribution < -0.4 is 0 Å². The van der Waals surface area contributed by atoms with Gasteiger partial charge in [0.2, 0.25) is 0 Å². The summed E-state index contributed by atoms with van der Waals surface area (Å²) in [6.45, 7) is 8.50. The van der Waals surface area contributed by atoms with Gasteiger partial charge in [0.05, 0.1) is 6.54 Å². The molecule has 74 valence electrons. The minimum absolute atomic E-state index is 0.358. The lowest BCUT2D eigenvalue weighted by atomic mass is 9.97. The molecule has 0 aromatic rings. The molecule has 0 amide bonds. The van der Waals surface area contributed by atoms with Crippen molar-refractivity contribution < 1.29 is 4.79 Å². The summed E-state index contributed by atoms with van der Waals surface area (Å²) in [5, 5.41) is 0. The van der Waals surface area contributed by atoms with Gasteiger partial charge < -0.3 is 0 Å². The van der Waals surface area contributed by atoms with Crippen molar-refractivity contribution in [1.82, 2.24) is 4.90 Å². The highest BCUT2D eigenvalue weighted by Crippen LogP contribution is 2.17. The lowest BCUT2D eigenvalue weighted by molar-refractivity contribution is -0.120. The summed E-state index contributed by atoms with van der Waals surface area (Å²) in [5.41, 5.74) is 0. The summed E-state index contributed by atoms with van der Waals surface area (Å²) < 4.78 is 0. The fraction of sp³-hybridized carbons (Fsp3) is 0.727. The number of hydrogen-bond acceptors (Lipinski definition) is 2. The maximum atomic E-state index is 11.2. The first-order valence-electron chi connectivity index (χ1n) is 5.13. The molecule has 2 heteroatoms. The fourth-order valence-electron chi connectivity index (χ4n) is 1.71. The van der Waals surface area contributed by atoms with E-state index in [1.165, 1.54) is 12.8 Å². The lowest BCUT2D eigenvalue weighted by Gasteiger charge is -2.29. The maximum absolute atomic E-state index is 11.2. The molecule has 1 rings (SSSR count). The van der Waals surface area contributed by atoms with E-state index in [4.69, 9.17) is 0 Å². The summed E-state index contributed by atoms with van der Waals surface area (Å²) in [7, 11) is 0. The largest absolute Gasteiger partial charge is 0.298 e. The number of allylic oxidation sites excluding steroid dienone is 1. The molecule has 0 aromatic carbocycles. The van der Waals surface area contributed by atoms with Crippen molar-refractivity contribution in [2.45, 2.75) is 26.2 Å². The van der Waals surface area contributed by atoms with Gasteiger partial charge in [0.15, 0.2) is 0 Å². The van der Waals surface area contributed by atoms with Gasteiger partial charge in [-0.1, -0.05) is 13.0 Å². The van der Waals surface area contributed by atoms with Crippen LogP contribution in [0.4, 0.5) is 0 Å². The van der Waals surface area contributed by atoms with Gasteiger partial charge in [0, 0.05) is 6.42 Å². The first-order chi connectivity index (χ1) is 6.26.